The minimum Gasteiger partial charge on any atom is -0.321 e. The van der Waals surface area contributed by atoms with Gasteiger partial charge in [0.15, 0.2) is 0 Å². The van der Waals surface area contributed by atoms with Crippen molar-refractivity contribution in [3.63, 3.8) is 0 Å². The molecule has 2 aromatic rings. The van der Waals surface area contributed by atoms with Gasteiger partial charge in [-0.2, -0.15) is 0 Å². The molecule has 1 aliphatic heterocycles. The molecule has 4 nitrogen and oxygen atoms in total. The number of hydrogen-bond donors (Lipinski definition) is 1. The van der Waals surface area contributed by atoms with Gasteiger partial charge in [0.05, 0.1) is 0 Å². The molecule has 0 saturated carbocycles. The van der Waals surface area contributed by atoms with Crippen molar-refractivity contribution in [2.24, 2.45) is 0 Å². The summed E-state index contributed by atoms with van der Waals surface area (Å²) in [6.07, 6.45) is 6.43. The van der Waals surface area contributed by atoms with Crippen LogP contribution in [0.15, 0.2) is 48.8 Å². The highest BCUT2D eigenvalue weighted by atomic mass is 16.2. The number of carbonyl (C=O) groups excluding carboxylic acids is 1. The monoisotopic (exact) mass is 295 g/mol. The van der Waals surface area contributed by atoms with E-state index in [1.54, 1.807) is 12.4 Å². The minimum absolute atomic E-state index is 0.0131. The number of urea groups is 1. The molecule has 1 unspecified atom stereocenters. The number of amides is 2. The Morgan fingerprint density at radius 3 is 2.68 bits per heavy atom. The van der Waals surface area contributed by atoms with Gasteiger partial charge in [-0.3, -0.25) is 4.98 Å². The molecule has 1 saturated heterocycles. The maximum atomic E-state index is 12.5. The number of nitrogens with one attached hydrogen (secondary N) is 1. The van der Waals surface area contributed by atoms with E-state index in [4.69, 9.17) is 0 Å². The first-order valence-electron chi connectivity index (χ1n) is 7.75. The highest BCUT2D eigenvalue weighted by molar-refractivity contribution is 5.89. The highest BCUT2D eigenvalue weighted by Gasteiger charge is 2.28. The SMILES string of the molecule is Cc1ccc(CC2CCCN2C(=O)Nc2ccncc2)cc1. The lowest BCUT2D eigenvalue weighted by atomic mass is 10.0. The smallest absolute Gasteiger partial charge is 0.321 e. The Morgan fingerprint density at radius 2 is 1.95 bits per heavy atom. The third-order valence-electron chi connectivity index (χ3n) is 4.16. The number of likely N-dealkylation sites (tertiary alicyclic amines) is 1. The van der Waals surface area contributed by atoms with Crippen LogP contribution in [0.2, 0.25) is 0 Å². The number of aromatic nitrogens is 1. The highest BCUT2D eigenvalue weighted by Crippen LogP contribution is 2.22. The zero-order valence-corrected chi connectivity index (χ0v) is 12.8. The molecule has 1 N–H and O–H groups in total. The number of nitrogens with zero attached hydrogens (tertiary/aromatic N) is 2. The van der Waals surface area contributed by atoms with E-state index in [1.807, 2.05) is 17.0 Å². The maximum Gasteiger partial charge on any atom is 0.322 e. The first-order chi connectivity index (χ1) is 10.7. The topological polar surface area (TPSA) is 45.2 Å². The van der Waals surface area contributed by atoms with Gasteiger partial charge in [-0.1, -0.05) is 29.8 Å². The Labute approximate surface area is 131 Å². The van der Waals surface area contributed by atoms with Crippen molar-refractivity contribution in [2.45, 2.75) is 32.2 Å². The first kappa shape index (κ1) is 14.6. The van der Waals surface area contributed by atoms with Gasteiger partial charge >= 0.3 is 6.03 Å². The standard InChI is InChI=1S/C18H21N3O/c1-14-4-6-15(7-5-14)13-17-3-2-12-21(17)18(22)20-16-8-10-19-11-9-16/h4-11,17H,2-3,12-13H2,1H3,(H,19,20,22). The zero-order chi connectivity index (χ0) is 15.4. The van der Waals surface area contributed by atoms with Crippen LogP contribution in [0.1, 0.15) is 24.0 Å². The number of rotatable bonds is 3. The second-order valence-electron chi connectivity index (χ2n) is 5.85. The average molecular weight is 295 g/mol. The zero-order valence-electron chi connectivity index (χ0n) is 12.8. The number of benzene rings is 1. The van der Waals surface area contributed by atoms with Gasteiger partial charge in [-0.05, 0) is 43.9 Å². The van der Waals surface area contributed by atoms with Crippen LogP contribution < -0.4 is 5.32 Å². The third-order valence-corrected chi connectivity index (χ3v) is 4.16. The van der Waals surface area contributed by atoms with Gasteiger partial charge in [-0.25, -0.2) is 4.79 Å². The number of aryl methyl sites for hydroxylation is 1. The summed E-state index contributed by atoms with van der Waals surface area (Å²) < 4.78 is 0. The van der Waals surface area contributed by atoms with Crippen LogP contribution in [0, 0.1) is 6.92 Å². The van der Waals surface area contributed by atoms with Gasteiger partial charge in [0.2, 0.25) is 0 Å². The number of anilines is 1. The molecule has 1 atom stereocenters. The van der Waals surface area contributed by atoms with Gasteiger partial charge in [0, 0.05) is 30.7 Å². The molecule has 0 spiro atoms. The summed E-state index contributed by atoms with van der Waals surface area (Å²) in [7, 11) is 0. The van der Waals surface area contributed by atoms with Crippen molar-refractivity contribution in [1.82, 2.24) is 9.88 Å². The lowest BCUT2D eigenvalue weighted by molar-refractivity contribution is 0.206. The molecule has 22 heavy (non-hydrogen) atoms. The largest absolute Gasteiger partial charge is 0.322 e. The van der Waals surface area contributed by atoms with E-state index < -0.39 is 0 Å². The van der Waals surface area contributed by atoms with Gasteiger partial charge in [-0.15, -0.1) is 0 Å². The molecule has 1 aromatic heterocycles. The minimum atomic E-state index is -0.0131. The third kappa shape index (κ3) is 3.45. The van der Waals surface area contributed by atoms with Crippen molar-refractivity contribution >= 4 is 11.7 Å². The molecule has 0 bridgehead atoms. The van der Waals surface area contributed by atoms with Gasteiger partial charge in [0.1, 0.15) is 0 Å². The predicted molar refractivity (Wildman–Crippen MR) is 87.9 cm³/mol. The van der Waals surface area contributed by atoms with Crippen LogP contribution in [0.4, 0.5) is 10.5 Å². The van der Waals surface area contributed by atoms with Crippen molar-refractivity contribution < 1.29 is 4.79 Å². The molecule has 2 heterocycles. The van der Waals surface area contributed by atoms with Crippen molar-refractivity contribution in [1.29, 1.82) is 0 Å². The predicted octanol–water partition coefficient (Wildman–Crippen LogP) is 3.63. The lowest BCUT2D eigenvalue weighted by Crippen LogP contribution is -2.39. The molecular weight excluding hydrogens is 274 g/mol. The Balaban J connectivity index is 1.65. The molecule has 0 aliphatic carbocycles. The number of hydrogen-bond acceptors (Lipinski definition) is 2. The molecule has 0 radical (unpaired) electrons. The van der Waals surface area contributed by atoms with Crippen LogP contribution in [0.5, 0.6) is 0 Å². The summed E-state index contributed by atoms with van der Waals surface area (Å²) in [5.41, 5.74) is 3.35. The van der Waals surface area contributed by atoms with Crippen molar-refractivity contribution in [3.05, 3.63) is 59.9 Å². The summed E-state index contributed by atoms with van der Waals surface area (Å²) in [6.45, 7) is 2.92. The summed E-state index contributed by atoms with van der Waals surface area (Å²) in [5, 5.41) is 2.96. The van der Waals surface area contributed by atoms with E-state index in [-0.39, 0.29) is 12.1 Å². The molecule has 1 aliphatic rings. The molecule has 4 heteroatoms. The van der Waals surface area contributed by atoms with E-state index in [0.717, 1.165) is 31.5 Å². The average Bonchev–Trinajstić information content (AvgIpc) is 2.99. The number of carbonyl (C=O) groups is 1. The van der Waals surface area contributed by atoms with E-state index in [1.165, 1.54) is 11.1 Å². The van der Waals surface area contributed by atoms with Crippen LogP contribution in [-0.2, 0) is 6.42 Å². The number of pyridine rings is 1. The van der Waals surface area contributed by atoms with E-state index >= 15 is 0 Å². The molecule has 1 aromatic carbocycles. The van der Waals surface area contributed by atoms with E-state index in [0.29, 0.717) is 0 Å². The van der Waals surface area contributed by atoms with Crippen LogP contribution in [-0.4, -0.2) is 28.5 Å². The Bertz CT molecular complexity index is 625. The molecule has 114 valence electrons. The summed E-state index contributed by atoms with van der Waals surface area (Å²) >= 11 is 0. The van der Waals surface area contributed by atoms with Crippen LogP contribution >= 0.6 is 0 Å². The van der Waals surface area contributed by atoms with Gasteiger partial charge < -0.3 is 10.2 Å². The molecule has 1 fully saturated rings. The van der Waals surface area contributed by atoms with E-state index in [9.17, 15) is 4.79 Å². The molecular formula is C18H21N3O. The Hall–Kier alpha value is -2.36. The van der Waals surface area contributed by atoms with Crippen LogP contribution in [0.25, 0.3) is 0 Å². The summed E-state index contributed by atoms with van der Waals surface area (Å²) in [5.74, 6) is 0. The van der Waals surface area contributed by atoms with Crippen molar-refractivity contribution in [3.8, 4) is 0 Å². The van der Waals surface area contributed by atoms with E-state index in [2.05, 4.69) is 41.5 Å². The quantitative estimate of drug-likeness (QED) is 0.940. The fraction of sp³-hybridized carbons (Fsp3) is 0.333. The van der Waals surface area contributed by atoms with Crippen molar-refractivity contribution in [2.75, 3.05) is 11.9 Å². The second-order valence-corrected chi connectivity index (χ2v) is 5.85. The Kier molecular flexibility index (Phi) is 4.37. The van der Waals surface area contributed by atoms with Gasteiger partial charge in [0.25, 0.3) is 0 Å². The fourth-order valence-corrected chi connectivity index (χ4v) is 2.94. The lowest BCUT2D eigenvalue weighted by Gasteiger charge is -2.25. The maximum absolute atomic E-state index is 12.5. The second kappa shape index (κ2) is 6.60. The summed E-state index contributed by atoms with van der Waals surface area (Å²) in [6, 6.07) is 12.5. The fourth-order valence-electron chi connectivity index (χ4n) is 2.94. The molecule has 3 rings (SSSR count). The van der Waals surface area contributed by atoms with Crippen LogP contribution in [0.3, 0.4) is 0 Å². The summed E-state index contributed by atoms with van der Waals surface area (Å²) in [4.78, 5) is 18.4. The first-order valence-corrected chi connectivity index (χ1v) is 7.75. The normalized spacial score (nSPS) is 17.5. The molecule has 2 amide bonds. The Morgan fingerprint density at radius 1 is 1.23 bits per heavy atom.